The molecule has 0 aliphatic rings. The standard InChI is InChI=1S/C12H15Br2N5/c1-3-15-10(5-11-17-7-18-19(11)2)12-9(14)4-8(13)6-16-12/h4,6-7,10,15H,3,5H2,1-2H3. The summed E-state index contributed by atoms with van der Waals surface area (Å²) in [7, 11) is 1.90. The van der Waals surface area contributed by atoms with Crippen LogP contribution < -0.4 is 5.32 Å². The molecule has 102 valence electrons. The second kappa shape index (κ2) is 6.58. The van der Waals surface area contributed by atoms with Crippen LogP contribution in [0.4, 0.5) is 0 Å². The lowest BCUT2D eigenvalue weighted by Gasteiger charge is -2.18. The van der Waals surface area contributed by atoms with Crippen LogP contribution in [0.5, 0.6) is 0 Å². The molecule has 0 amide bonds. The molecule has 2 aromatic rings. The molecule has 7 heteroatoms. The normalized spacial score (nSPS) is 12.6. The molecule has 2 aromatic heterocycles. The molecule has 0 saturated heterocycles. The number of halogens is 2. The van der Waals surface area contributed by atoms with Gasteiger partial charge in [-0.25, -0.2) is 4.98 Å². The quantitative estimate of drug-likeness (QED) is 0.855. The van der Waals surface area contributed by atoms with Crippen molar-refractivity contribution in [1.29, 1.82) is 0 Å². The van der Waals surface area contributed by atoms with Crippen LogP contribution in [0.3, 0.4) is 0 Å². The summed E-state index contributed by atoms with van der Waals surface area (Å²) >= 11 is 6.98. The van der Waals surface area contributed by atoms with Gasteiger partial charge in [0.2, 0.25) is 0 Å². The van der Waals surface area contributed by atoms with Crippen molar-refractivity contribution in [3.8, 4) is 0 Å². The first-order valence-corrected chi connectivity index (χ1v) is 7.57. The smallest absolute Gasteiger partial charge is 0.138 e. The highest BCUT2D eigenvalue weighted by atomic mass is 79.9. The lowest BCUT2D eigenvalue weighted by Crippen LogP contribution is -2.25. The molecule has 19 heavy (non-hydrogen) atoms. The minimum Gasteiger partial charge on any atom is -0.308 e. The molecule has 0 bridgehead atoms. The molecule has 1 atom stereocenters. The van der Waals surface area contributed by atoms with Crippen LogP contribution in [0.25, 0.3) is 0 Å². The molecule has 0 aliphatic carbocycles. The largest absolute Gasteiger partial charge is 0.308 e. The molecule has 2 rings (SSSR count). The summed E-state index contributed by atoms with van der Waals surface area (Å²) in [5.41, 5.74) is 0.980. The Morgan fingerprint density at radius 2 is 2.16 bits per heavy atom. The third-order valence-corrected chi connectivity index (χ3v) is 3.88. The Kier molecular flexibility index (Phi) is 5.06. The molecule has 0 aromatic carbocycles. The third-order valence-electron chi connectivity index (χ3n) is 2.81. The van der Waals surface area contributed by atoms with Crippen LogP contribution in [0, 0.1) is 0 Å². The highest BCUT2D eigenvalue weighted by molar-refractivity contribution is 9.11. The third kappa shape index (κ3) is 3.61. The summed E-state index contributed by atoms with van der Waals surface area (Å²) in [5.74, 6) is 0.933. The number of aryl methyl sites for hydroxylation is 1. The molecule has 5 nitrogen and oxygen atoms in total. The molecular weight excluding hydrogens is 374 g/mol. The van der Waals surface area contributed by atoms with Crippen LogP contribution in [0.1, 0.15) is 24.5 Å². The zero-order chi connectivity index (χ0) is 13.8. The van der Waals surface area contributed by atoms with Gasteiger partial charge in [0.15, 0.2) is 0 Å². The maximum absolute atomic E-state index is 4.49. The van der Waals surface area contributed by atoms with Crippen molar-refractivity contribution in [3.05, 3.63) is 39.1 Å². The number of aromatic nitrogens is 4. The summed E-state index contributed by atoms with van der Waals surface area (Å²) < 4.78 is 3.73. The van der Waals surface area contributed by atoms with E-state index >= 15 is 0 Å². The molecule has 0 fully saturated rings. The van der Waals surface area contributed by atoms with Crippen molar-refractivity contribution >= 4 is 31.9 Å². The van der Waals surface area contributed by atoms with Crippen LogP contribution in [-0.4, -0.2) is 26.3 Å². The van der Waals surface area contributed by atoms with E-state index in [0.29, 0.717) is 0 Å². The van der Waals surface area contributed by atoms with Crippen LogP contribution in [0.2, 0.25) is 0 Å². The SMILES string of the molecule is CCNC(Cc1ncnn1C)c1ncc(Br)cc1Br. The summed E-state index contributed by atoms with van der Waals surface area (Å²) in [6.45, 7) is 2.95. The van der Waals surface area contributed by atoms with Gasteiger partial charge in [-0.1, -0.05) is 6.92 Å². The van der Waals surface area contributed by atoms with Gasteiger partial charge in [0.1, 0.15) is 12.2 Å². The Morgan fingerprint density at radius 3 is 2.74 bits per heavy atom. The molecule has 0 saturated carbocycles. The minimum atomic E-state index is 0.107. The Hall–Kier alpha value is -0.790. The number of hydrogen-bond acceptors (Lipinski definition) is 4. The highest BCUT2D eigenvalue weighted by Crippen LogP contribution is 2.26. The molecule has 1 N–H and O–H groups in total. The average molecular weight is 389 g/mol. The van der Waals surface area contributed by atoms with Crippen molar-refractivity contribution in [2.75, 3.05) is 6.54 Å². The number of nitrogens with zero attached hydrogens (tertiary/aromatic N) is 4. The maximum Gasteiger partial charge on any atom is 0.138 e. The van der Waals surface area contributed by atoms with Crippen molar-refractivity contribution in [3.63, 3.8) is 0 Å². The van der Waals surface area contributed by atoms with Crippen LogP contribution in [0.15, 0.2) is 27.5 Å². The zero-order valence-electron chi connectivity index (χ0n) is 10.8. The van der Waals surface area contributed by atoms with Gasteiger partial charge in [-0.3, -0.25) is 9.67 Å². The fraction of sp³-hybridized carbons (Fsp3) is 0.417. The van der Waals surface area contributed by atoms with Crippen molar-refractivity contribution < 1.29 is 0 Å². The van der Waals surface area contributed by atoms with E-state index in [-0.39, 0.29) is 6.04 Å². The predicted octanol–water partition coefficient (Wildman–Crippen LogP) is 2.63. The molecule has 0 aliphatic heterocycles. The first kappa shape index (κ1) is 14.6. The molecular formula is C12H15Br2N5. The number of nitrogens with one attached hydrogen (secondary N) is 1. The number of rotatable bonds is 5. The van der Waals surface area contributed by atoms with Gasteiger partial charge in [-0.05, 0) is 44.5 Å². The Morgan fingerprint density at radius 1 is 1.37 bits per heavy atom. The first-order valence-electron chi connectivity index (χ1n) is 5.99. The van der Waals surface area contributed by atoms with E-state index in [4.69, 9.17) is 0 Å². The second-order valence-corrected chi connectivity index (χ2v) is 5.90. The predicted molar refractivity (Wildman–Crippen MR) is 80.8 cm³/mol. The topological polar surface area (TPSA) is 55.6 Å². The van der Waals surface area contributed by atoms with Gasteiger partial charge in [-0.15, -0.1) is 0 Å². The van der Waals surface area contributed by atoms with Crippen LogP contribution >= 0.6 is 31.9 Å². The summed E-state index contributed by atoms with van der Waals surface area (Å²) in [5, 5.41) is 7.53. The van der Waals surface area contributed by atoms with E-state index in [9.17, 15) is 0 Å². The maximum atomic E-state index is 4.49. The summed E-state index contributed by atoms with van der Waals surface area (Å²) in [6, 6.07) is 2.11. The van der Waals surface area contributed by atoms with E-state index in [2.05, 4.69) is 59.2 Å². The fourth-order valence-corrected chi connectivity index (χ4v) is 3.14. The molecule has 0 radical (unpaired) electrons. The zero-order valence-corrected chi connectivity index (χ0v) is 13.9. The van der Waals surface area contributed by atoms with E-state index < -0.39 is 0 Å². The van der Waals surface area contributed by atoms with Crippen molar-refractivity contribution in [1.82, 2.24) is 25.1 Å². The van der Waals surface area contributed by atoms with Crippen molar-refractivity contribution in [2.45, 2.75) is 19.4 Å². The number of likely N-dealkylation sites (N-methyl/N-ethyl adjacent to an activating group) is 1. The van der Waals surface area contributed by atoms with Crippen LogP contribution in [-0.2, 0) is 13.5 Å². The number of pyridine rings is 1. The Balaban J connectivity index is 2.27. The Labute approximate surface area is 129 Å². The fourth-order valence-electron chi connectivity index (χ4n) is 1.88. The van der Waals surface area contributed by atoms with Gasteiger partial charge in [-0.2, -0.15) is 5.10 Å². The van der Waals surface area contributed by atoms with Gasteiger partial charge in [0.25, 0.3) is 0 Å². The van der Waals surface area contributed by atoms with Gasteiger partial charge in [0.05, 0.1) is 11.7 Å². The van der Waals surface area contributed by atoms with E-state index in [1.54, 1.807) is 17.2 Å². The van der Waals surface area contributed by atoms with E-state index in [1.165, 1.54) is 0 Å². The van der Waals surface area contributed by atoms with Gasteiger partial charge >= 0.3 is 0 Å². The highest BCUT2D eigenvalue weighted by Gasteiger charge is 2.18. The molecule has 2 heterocycles. The molecule has 1 unspecified atom stereocenters. The van der Waals surface area contributed by atoms with Crippen molar-refractivity contribution in [2.24, 2.45) is 7.05 Å². The Bertz CT molecular complexity index is 555. The minimum absolute atomic E-state index is 0.107. The number of hydrogen-bond donors (Lipinski definition) is 1. The van der Waals surface area contributed by atoms with E-state index in [1.807, 2.05) is 13.1 Å². The monoisotopic (exact) mass is 387 g/mol. The van der Waals surface area contributed by atoms with E-state index in [0.717, 1.165) is 33.4 Å². The molecule has 0 spiro atoms. The average Bonchev–Trinajstić information content (AvgIpc) is 2.75. The lowest BCUT2D eigenvalue weighted by atomic mass is 10.1. The second-order valence-electron chi connectivity index (χ2n) is 4.13. The van der Waals surface area contributed by atoms with Gasteiger partial charge < -0.3 is 5.32 Å². The lowest BCUT2D eigenvalue weighted by molar-refractivity contribution is 0.509. The summed E-state index contributed by atoms with van der Waals surface area (Å²) in [4.78, 5) is 8.76. The van der Waals surface area contributed by atoms with Gasteiger partial charge in [0, 0.05) is 28.6 Å². The first-order chi connectivity index (χ1) is 9.11. The summed E-state index contributed by atoms with van der Waals surface area (Å²) in [6.07, 6.45) is 4.13.